The first-order valence-electron chi connectivity index (χ1n) is 5.41. The van der Waals surface area contributed by atoms with E-state index in [1.54, 1.807) is 0 Å². The lowest BCUT2D eigenvalue weighted by Crippen LogP contribution is -2.63. The normalized spacial score (nSPS) is 24.1. The minimum atomic E-state index is -5.51. The Morgan fingerprint density at radius 2 is 1.75 bits per heavy atom. The van der Waals surface area contributed by atoms with Crippen LogP contribution in [0.1, 0.15) is 13.8 Å². The molecule has 0 amide bonds. The third kappa shape index (κ3) is 2.54. The highest BCUT2D eigenvalue weighted by atomic mass is 19.4. The fraction of sp³-hybridized carbons (Fsp3) is 0.545. The number of rotatable bonds is 2. The number of carbonyl (C=O) groups excluding carboxylic acids is 1. The molecule has 0 spiro atoms. The van der Waals surface area contributed by atoms with Crippen LogP contribution in [0.5, 0.6) is 0 Å². The first kappa shape index (κ1) is 16.5. The summed E-state index contributed by atoms with van der Waals surface area (Å²) in [4.78, 5) is 11.4. The third-order valence-corrected chi connectivity index (χ3v) is 2.71. The monoisotopic (exact) mass is 303 g/mol. The summed E-state index contributed by atoms with van der Waals surface area (Å²) >= 11 is 0. The Morgan fingerprint density at radius 3 is 2.10 bits per heavy atom. The minimum Gasteiger partial charge on any atom is -0.360 e. The molecule has 0 saturated carbocycles. The van der Waals surface area contributed by atoms with Crippen LogP contribution >= 0.6 is 0 Å². The number of hydrogen-bond donors (Lipinski definition) is 1. The van der Waals surface area contributed by atoms with Gasteiger partial charge in [0.15, 0.2) is 0 Å². The van der Waals surface area contributed by atoms with Gasteiger partial charge in [0, 0.05) is 12.2 Å². The lowest BCUT2D eigenvalue weighted by molar-refractivity contribution is -0.295. The molecule has 0 aromatic rings. The Balaban J connectivity index is 3.45. The summed E-state index contributed by atoms with van der Waals surface area (Å²) in [6.45, 7) is 2.48. The van der Waals surface area contributed by atoms with E-state index in [4.69, 9.17) is 0 Å². The zero-order chi connectivity index (χ0) is 15.9. The van der Waals surface area contributed by atoms with Crippen molar-refractivity contribution in [1.82, 2.24) is 4.90 Å². The zero-order valence-corrected chi connectivity index (χ0v) is 10.4. The topological polar surface area (TPSA) is 40.5 Å². The van der Waals surface area contributed by atoms with Crippen molar-refractivity contribution < 1.29 is 36.2 Å². The first-order chi connectivity index (χ1) is 8.83. The molecule has 0 aromatic heterocycles. The van der Waals surface area contributed by atoms with E-state index >= 15 is 0 Å². The number of Topliss-reactive ketones (excluding diaryl/α,β-unsaturated/α-hetero) is 1. The van der Waals surface area contributed by atoms with Gasteiger partial charge in [-0.25, -0.2) is 0 Å². The van der Waals surface area contributed by atoms with Gasteiger partial charge in [0.25, 0.3) is 11.5 Å². The van der Waals surface area contributed by atoms with E-state index in [1.807, 2.05) is 0 Å². The van der Waals surface area contributed by atoms with Crippen molar-refractivity contribution in [2.24, 2.45) is 0 Å². The predicted octanol–water partition coefficient (Wildman–Crippen LogP) is 2.53. The van der Waals surface area contributed by atoms with Gasteiger partial charge in [-0.3, -0.25) is 4.79 Å². The molecule has 0 fully saturated rings. The molecular formula is C11H11F6NO2. The highest BCUT2D eigenvalue weighted by Gasteiger charge is 2.65. The molecule has 1 N–H and O–H groups in total. The van der Waals surface area contributed by atoms with Gasteiger partial charge < -0.3 is 10.0 Å². The number of allylic oxidation sites excluding steroid dienone is 2. The van der Waals surface area contributed by atoms with Crippen LogP contribution in [0.15, 0.2) is 23.9 Å². The molecule has 0 bridgehead atoms. The molecule has 1 rings (SSSR count). The van der Waals surface area contributed by atoms with E-state index < -0.39 is 35.5 Å². The van der Waals surface area contributed by atoms with Crippen molar-refractivity contribution in [3.05, 3.63) is 23.9 Å². The lowest BCUT2D eigenvalue weighted by Gasteiger charge is -2.44. The molecule has 0 aromatic carbocycles. The van der Waals surface area contributed by atoms with Gasteiger partial charge in [-0.15, -0.1) is 0 Å². The molecule has 114 valence electrons. The second kappa shape index (κ2) is 4.80. The maximum Gasteiger partial charge on any atom is 0.454 e. The maximum absolute atomic E-state index is 13.0. The summed E-state index contributed by atoms with van der Waals surface area (Å²) in [7, 11) is 0. The van der Waals surface area contributed by atoms with Crippen molar-refractivity contribution in [1.29, 1.82) is 0 Å². The highest BCUT2D eigenvalue weighted by molar-refractivity contribution is 6.01. The Morgan fingerprint density at radius 1 is 1.25 bits per heavy atom. The van der Waals surface area contributed by atoms with Crippen LogP contribution in [0.3, 0.4) is 0 Å². The number of hydrogen-bond acceptors (Lipinski definition) is 3. The highest BCUT2D eigenvalue weighted by Crippen LogP contribution is 2.44. The van der Waals surface area contributed by atoms with Gasteiger partial charge in [-0.05, 0) is 26.0 Å². The molecule has 1 aliphatic rings. The molecular weight excluding hydrogens is 292 g/mol. The number of nitrogens with zero attached hydrogens (tertiary/aromatic N) is 1. The van der Waals surface area contributed by atoms with Crippen molar-refractivity contribution in [2.45, 2.75) is 38.0 Å². The average molecular weight is 303 g/mol. The number of alkyl halides is 6. The van der Waals surface area contributed by atoms with E-state index in [0.717, 1.165) is 12.3 Å². The van der Waals surface area contributed by atoms with Crippen molar-refractivity contribution in [3.8, 4) is 0 Å². The Kier molecular flexibility index (Phi) is 3.97. The van der Waals surface area contributed by atoms with E-state index in [-0.39, 0.29) is 4.90 Å². The van der Waals surface area contributed by atoms with E-state index in [1.165, 1.54) is 13.8 Å². The Bertz CT molecular complexity index is 463. The van der Waals surface area contributed by atoms with Gasteiger partial charge in [-0.2, -0.15) is 26.3 Å². The number of ketones is 1. The summed E-state index contributed by atoms with van der Waals surface area (Å²) in [6.07, 6.45) is -9.04. The van der Waals surface area contributed by atoms with Crippen molar-refractivity contribution in [2.75, 3.05) is 0 Å². The van der Waals surface area contributed by atoms with Gasteiger partial charge in [0.05, 0.1) is 5.57 Å². The predicted molar refractivity (Wildman–Crippen MR) is 56.3 cm³/mol. The zero-order valence-electron chi connectivity index (χ0n) is 10.4. The third-order valence-electron chi connectivity index (χ3n) is 2.71. The van der Waals surface area contributed by atoms with Crippen LogP contribution in [-0.4, -0.2) is 39.9 Å². The van der Waals surface area contributed by atoms with Crippen molar-refractivity contribution >= 4 is 5.78 Å². The van der Waals surface area contributed by atoms with Crippen LogP contribution in [0.25, 0.3) is 0 Å². The number of carbonyl (C=O) groups is 1. The molecule has 0 radical (unpaired) electrons. The Hall–Kier alpha value is -1.51. The van der Waals surface area contributed by atoms with Gasteiger partial charge in [-0.1, -0.05) is 0 Å². The van der Waals surface area contributed by atoms with Gasteiger partial charge in [0.2, 0.25) is 0 Å². The van der Waals surface area contributed by atoms with E-state index in [0.29, 0.717) is 6.08 Å². The molecule has 1 atom stereocenters. The van der Waals surface area contributed by atoms with Crippen LogP contribution in [-0.2, 0) is 4.79 Å². The van der Waals surface area contributed by atoms with E-state index in [9.17, 15) is 36.2 Å². The second-order valence-electron chi connectivity index (χ2n) is 4.42. The van der Waals surface area contributed by atoms with Crippen molar-refractivity contribution in [3.63, 3.8) is 0 Å². The van der Waals surface area contributed by atoms with Crippen LogP contribution in [0.2, 0.25) is 0 Å². The standard InChI is InChI=1S/C11H11F6NO2/c1-6(2)18-5-3-4-7(8(19)10(12,13)14)9(18,20)11(15,16)17/h3-6,20H,1-2H3. The quantitative estimate of drug-likeness (QED) is 0.797. The van der Waals surface area contributed by atoms with E-state index in [2.05, 4.69) is 0 Å². The summed E-state index contributed by atoms with van der Waals surface area (Å²) in [5.41, 5.74) is -5.78. The molecule has 20 heavy (non-hydrogen) atoms. The fourth-order valence-electron chi connectivity index (χ4n) is 1.83. The first-order valence-corrected chi connectivity index (χ1v) is 5.41. The van der Waals surface area contributed by atoms with Gasteiger partial charge >= 0.3 is 12.4 Å². The minimum absolute atomic E-state index is 0.256. The summed E-state index contributed by atoms with van der Waals surface area (Å²) in [5, 5.41) is 9.79. The number of aliphatic hydroxyl groups is 1. The molecule has 1 heterocycles. The van der Waals surface area contributed by atoms with Crippen LogP contribution in [0.4, 0.5) is 26.3 Å². The molecule has 1 aliphatic heterocycles. The summed E-state index contributed by atoms with van der Waals surface area (Å²) in [5.74, 6) is -2.73. The summed E-state index contributed by atoms with van der Waals surface area (Å²) < 4.78 is 76.3. The molecule has 3 nitrogen and oxygen atoms in total. The molecule has 0 aliphatic carbocycles. The largest absolute Gasteiger partial charge is 0.454 e. The summed E-state index contributed by atoms with van der Waals surface area (Å²) in [6, 6.07) is -0.984. The molecule has 9 heteroatoms. The Labute approximate surface area is 110 Å². The lowest BCUT2D eigenvalue weighted by atomic mass is 9.92. The second-order valence-corrected chi connectivity index (χ2v) is 4.42. The van der Waals surface area contributed by atoms with Gasteiger partial charge in [0.1, 0.15) is 0 Å². The smallest absolute Gasteiger partial charge is 0.360 e. The fourth-order valence-corrected chi connectivity index (χ4v) is 1.83. The average Bonchev–Trinajstić information content (AvgIpc) is 2.25. The SMILES string of the molecule is CC(C)N1C=CC=C(C(=O)C(F)(F)F)C1(O)C(F)(F)F. The molecule has 0 saturated heterocycles. The van der Waals surface area contributed by atoms with Crippen LogP contribution < -0.4 is 0 Å². The maximum atomic E-state index is 13.0. The molecule has 1 unspecified atom stereocenters. The van der Waals surface area contributed by atoms with Crippen LogP contribution in [0, 0.1) is 0 Å². The number of halogens is 6.